The van der Waals surface area contributed by atoms with Crippen LogP contribution < -0.4 is 25.1 Å². The molecule has 2 fully saturated rings. The number of benzene rings is 2. The summed E-state index contributed by atoms with van der Waals surface area (Å²) in [5, 5.41) is 35.2. The minimum absolute atomic E-state index is 0. The van der Waals surface area contributed by atoms with Gasteiger partial charge < -0.3 is 69.9 Å². The SMILES string of the molecule is CO.COc1ccc(O[C@@H]2O[C@H](CO)[C@@H](O)[C@H]2O)cc1.COc1ccc(O[C@@H]2O[C@H](COC(C)=O)[C@@H](OC(C)=O)[C@H]2C)cc1.N.O. The number of ether oxygens (including phenoxy) is 8. The molecule has 2 aliphatic rings. The molecule has 8 atom stereocenters. The number of rotatable bonds is 10. The van der Waals surface area contributed by atoms with E-state index in [2.05, 4.69) is 0 Å². The van der Waals surface area contributed by atoms with E-state index in [1.807, 2.05) is 6.92 Å². The third kappa shape index (κ3) is 12.2. The van der Waals surface area contributed by atoms with Gasteiger partial charge in [0.05, 0.1) is 26.7 Å². The van der Waals surface area contributed by atoms with Gasteiger partial charge in [0.2, 0.25) is 12.6 Å². The standard InChI is InChI=1S/C17H22O7.C12H16O6.CH4O.H3N.H2O/c1-10-16(22-12(3)19)15(9-21-11(2)18)24-17(10)23-14-7-5-13(20-4)6-8-14;1-16-7-2-4-8(5-3-7)17-12-11(15)10(14)9(6-13)18-12;1-2;;/h5-8,10,15-17H,9H2,1-4H3;2-5,9-15H,6H2,1H3;2H,1H3;1H3;1H2/t10-,15-,16+,17-;9-,10-,11-,12-;;;/m11.../s1. The maximum atomic E-state index is 11.3. The van der Waals surface area contributed by atoms with E-state index in [4.69, 9.17) is 48.1 Å². The lowest BCUT2D eigenvalue weighted by atomic mass is 10.0. The second-order valence-electron chi connectivity index (χ2n) is 9.57. The zero-order valence-electron chi connectivity index (χ0n) is 26.7. The Morgan fingerprint density at radius 3 is 1.57 bits per heavy atom. The smallest absolute Gasteiger partial charge is 0.303 e. The molecule has 4 rings (SSSR count). The minimum atomic E-state index is -1.19. The lowest BCUT2D eigenvalue weighted by molar-refractivity contribution is -0.157. The second kappa shape index (κ2) is 21.1. The number of carbonyl (C=O) groups excluding carboxylic acids is 2. The molecule has 9 N–H and O–H groups in total. The van der Waals surface area contributed by atoms with Gasteiger partial charge in [0.1, 0.15) is 60.1 Å². The maximum Gasteiger partial charge on any atom is 0.303 e. The van der Waals surface area contributed by atoms with Crippen molar-refractivity contribution >= 4 is 11.9 Å². The fourth-order valence-electron chi connectivity index (χ4n) is 4.25. The van der Waals surface area contributed by atoms with Crippen molar-refractivity contribution < 1.29 is 73.4 Å². The Morgan fingerprint density at radius 2 is 1.17 bits per heavy atom. The summed E-state index contributed by atoms with van der Waals surface area (Å²) >= 11 is 0. The summed E-state index contributed by atoms with van der Waals surface area (Å²) in [6.45, 7) is 4.12. The van der Waals surface area contributed by atoms with Crippen LogP contribution in [-0.4, -0.2) is 115 Å². The summed E-state index contributed by atoms with van der Waals surface area (Å²) in [7, 11) is 4.14. The minimum Gasteiger partial charge on any atom is -0.497 e. The van der Waals surface area contributed by atoms with Crippen LogP contribution in [0.2, 0.25) is 0 Å². The Hall–Kier alpha value is -3.74. The van der Waals surface area contributed by atoms with Gasteiger partial charge in [0.25, 0.3) is 0 Å². The first-order valence-corrected chi connectivity index (χ1v) is 13.7. The summed E-state index contributed by atoms with van der Waals surface area (Å²) in [6, 6.07) is 13.8. The fourth-order valence-corrected chi connectivity index (χ4v) is 4.25. The zero-order valence-corrected chi connectivity index (χ0v) is 26.7. The Kier molecular flexibility index (Phi) is 19.4. The topological polar surface area (TPSA) is 255 Å². The van der Waals surface area contributed by atoms with E-state index in [1.165, 1.54) is 13.8 Å². The molecule has 2 heterocycles. The number of hydrogen-bond donors (Lipinski definition) is 5. The summed E-state index contributed by atoms with van der Waals surface area (Å²) in [5.74, 6) is 1.40. The Balaban J connectivity index is 0.000000827. The number of hydrogen-bond acceptors (Lipinski definition) is 15. The highest BCUT2D eigenvalue weighted by atomic mass is 16.7. The summed E-state index contributed by atoms with van der Waals surface area (Å²) in [4.78, 5) is 22.3. The van der Waals surface area contributed by atoms with Gasteiger partial charge in [-0.1, -0.05) is 6.92 Å². The molecular formula is C30H47NO15. The first kappa shape index (κ1) is 42.3. The first-order chi connectivity index (χ1) is 21.1. The third-order valence-corrected chi connectivity index (χ3v) is 6.50. The summed E-state index contributed by atoms with van der Waals surface area (Å²) < 4.78 is 42.6. The lowest BCUT2D eigenvalue weighted by Gasteiger charge is -2.20. The monoisotopic (exact) mass is 661 g/mol. The van der Waals surface area contributed by atoms with Crippen LogP contribution in [0.15, 0.2) is 48.5 Å². The number of aliphatic hydroxyl groups is 4. The molecule has 0 bridgehead atoms. The zero-order chi connectivity index (χ0) is 32.8. The van der Waals surface area contributed by atoms with Gasteiger partial charge in [-0.05, 0) is 48.5 Å². The molecule has 0 saturated carbocycles. The molecule has 16 nitrogen and oxygen atoms in total. The van der Waals surface area contributed by atoms with Crippen LogP contribution in [0.4, 0.5) is 0 Å². The molecule has 0 aromatic heterocycles. The van der Waals surface area contributed by atoms with Crippen LogP contribution in [0.1, 0.15) is 20.8 Å². The first-order valence-electron chi connectivity index (χ1n) is 13.7. The largest absolute Gasteiger partial charge is 0.497 e. The number of carbonyl (C=O) groups is 2. The number of aliphatic hydroxyl groups excluding tert-OH is 4. The van der Waals surface area contributed by atoms with Crippen LogP contribution in [0.5, 0.6) is 23.0 Å². The van der Waals surface area contributed by atoms with E-state index in [0.717, 1.165) is 7.11 Å². The molecule has 262 valence electrons. The van der Waals surface area contributed by atoms with Gasteiger partial charge in [-0.3, -0.25) is 9.59 Å². The number of methoxy groups -OCH3 is 2. The average Bonchev–Trinajstić information content (AvgIpc) is 3.47. The highest BCUT2D eigenvalue weighted by Gasteiger charge is 2.46. The molecular weight excluding hydrogens is 614 g/mol. The molecule has 2 aromatic carbocycles. The van der Waals surface area contributed by atoms with Gasteiger partial charge in [-0.15, -0.1) is 0 Å². The third-order valence-electron chi connectivity index (χ3n) is 6.50. The molecule has 2 aromatic rings. The molecule has 46 heavy (non-hydrogen) atoms. The molecule has 0 spiro atoms. The van der Waals surface area contributed by atoms with Crippen LogP contribution in [0.3, 0.4) is 0 Å². The highest BCUT2D eigenvalue weighted by Crippen LogP contribution is 2.32. The molecule has 16 heteroatoms. The van der Waals surface area contributed by atoms with E-state index in [-0.39, 0.29) is 30.8 Å². The van der Waals surface area contributed by atoms with Crippen molar-refractivity contribution in [3.63, 3.8) is 0 Å². The molecule has 0 unspecified atom stereocenters. The van der Waals surface area contributed by atoms with E-state index in [9.17, 15) is 19.8 Å². The van der Waals surface area contributed by atoms with Gasteiger partial charge in [0, 0.05) is 21.0 Å². The van der Waals surface area contributed by atoms with Crippen molar-refractivity contribution in [2.45, 2.75) is 63.9 Å². The summed E-state index contributed by atoms with van der Waals surface area (Å²) in [6.07, 6.45) is -5.92. The predicted octanol–water partition coefficient (Wildman–Crippen LogP) is 0.389. The van der Waals surface area contributed by atoms with Gasteiger partial charge >= 0.3 is 11.9 Å². The maximum absolute atomic E-state index is 11.3. The Morgan fingerprint density at radius 1 is 0.739 bits per heavy atom. The van der Waals surface area contributed by atoms with Gasteiger partial charge in [0.15, 0.2) is 0 Å². The van der Waals surface area contributed by atoms with Crippen molar-refractivity contribution in [3.05, 3.63) is 48.5 Å². The normalized spacial score (nSPS) is 25.9. The quantitative estimate of drug-likeness (QED) is 0.216. The van der Waals surface area contributed by atoms with Crippen LogP contribution in [-0.2, 0) is 28.5 Å². The fraction of sp³-hybridized carbons (Fsp3) is 0.533. The van der Waals surface area contributed by atoms with Crippen LogP contribution in [0, 0.1) is 5.92 Å². The van der Waals surface area contributed by atoms with Crippen molar-refractivity contribution in [2.75, 3.05) is 34.5 Å². The Labute approximate surface area is 267 Å². The van der Waals surface area contributed by atoms with Crippen molar-refractivity contribution in [1.82, 2.24) is 6.15 Å². The van der Waals surface area contributed by atoms with E-state index >= 15 is 0 Å². The van der Waals surface area contributed by atoms with E-state index in [1.54, 1.807) is 62.8 Å². The van der Waals surface area contributed by atoms with E-state index < -0.39 is 55.0 Å². The van der Waals surface area contributed by atoms with Crippen molar-refractivity contribution in [2.24, 2.45) is 5.92 Å². The van der Waals surface area contributed by atoms with E-state index in [0.29, 0.717) is 23.0 Å². The molecule has 0 amide bonds. The average molecular weight is 662 g/mol. The number of esters is 2. The lowest BCUT2D eigenvalue weighted by Crippen LogP contribution is -2.35. The second-order valence-corrected chi connectivity index (χ2v) is 9.57. The molecule has 2 saturated heterocycles. The van der Waals surface area contributed by atoms with Gasteiger partial charge in [-0.2, -0.15) is 0 Å². The highest BCUT2D eigenvalue weighted by molar-refractivity contribution is 5.66. The summed E-state index contributed by atoms with van der Waals surface area (Å²) in [5.41, 5.74) is 0. The van der Waals surface area contributed by atoms with Crippen molar-refractivity contribution in [3.8, 4) is 23.0 Å². The van der Waals surface area contributed by atoms with Crippen LogP contribution in [0.25, 0.3) is 0 Å². The van der Waals surface area contributed by atoms with Crippen molar-refractivity contribution in [1.29, 1.82) is 0 Å². The van der Waals surface area contributed by atoms with Crippen LogP contribution >= 0.6 is 0 Å². The molecule has 0 aliphatic carbocycles. The molecule has 0 radical (unpaired) electrons. The Bertz CT molecular complexity index is 1130. The predicted molar refractivity (Wildman–Crippen MR) is 162 cm³/mol. The molecule has 2 aliphatic heterocycles. The van der Waals surface area contributed by atoms with Gasteiger partial charge in [-0.25, -0.2) is 0 Å².